The van der Waals surface area contributed by atoms with Crippen LogP contribution in [-0.4, -0.2) is 58.9 Å². The van der Waals surface area contributed by atoms with Crippen molar-refractivity contribution in [3.63, 3.8) is 0 Å². The molecule has 178 valence electrons. The average Bonchev–Trinajstić information content (AvgIpc) is 2.81. The highest BCUT2D eigenvalue weighted by atomic mass is 16.5. The van der Waals surface area contributed by atoms with E-state index >= 15 is 0 Å². The molecule has 1 amide bonds. The summed E-state index contributed by atoms with van der Waals surface area (Å²) in [7, 11) is 0. The van der Waals surface area contributed by atoms with Crippen LogP contribution in [0.25, 0.3) is 0 Å². The fraction of sp³-hybridized carbons (Fsp3) is 0.542. The molecule has 5 N–H and O–H groups in total. The van der Waals surface area contributed by atoms with Crippen LogP contribution < -0.4 is 21.3 Å². The van der Waals surface area contributed by atoms with Gasteiger partial charge in [-0.05, 0) is 63.3 Å². The summed E-state index contributed by atoms with van der Waals surface area (Å²) in [4.78, 5) is 23.7. The first-order valence-electron chi connectivity index (χ1n) is 11.7. The molecule has 33 heavy (non-hydrogen) atoms. The number of anilines is 4. The van der Waals surface area contributed by atoms with Gasteiger partial charge in [-0.1, -0.05) is 6.92 Å². The van der Waals surface area contributed by atoms with Crippen LogP contribution in [-0.2, 0) is 11.2 Å². The molecule has 0 unspecified atom stereocenters. The average molecular weight is 455 g/mol. The molecule has 2 aliphatic rings. The topological polar surface area (TPSA) is 126 Å². The van der Waals surface area contributed by atoms with Crippen LogP contribution in [0.1, 0.15) is 55.7 Å². The lowest BCUT2D eigenvalue weighted by atomic mass is 9.83. The Kier molecular flexibility index (Phi) is 6.99. The molecule has 2 aromatic rings. The second-order valence-corrected chi connectivity index (χ2v) is 9.12. The van der Waals surface area contributed by atoms with Crippen LogP contribution in [0.5, 0.6) is 0 Å². The van der Waals surface area contributed by atoms with Crippen molar-refractivity contribution < 1.29 is 14.6 Å². The molecule has 2 fully saturated rings. The molecule has 1 aliphatic heterocycles. The summed E-state index contributed by atoms with van der Waals surface area (Å²) < 4.78 is 5.42. The Morgan fingerprint density at radius 1 is 1.18 bits per heavy atom. The van der Waals surface area contributed by atoms with Crippen molar-refractivity contribution in [2.45, 2.75) is 57.6 Å². The smallest absolute Gasteiger partial charge is 0.271 e. The number of rotatable bonds is 7. The lowest BCUT2D eigenvalue weighted by molar-refractivity contribution is 0.0196. The Morgan fingerprint density at radius 2 is 1.85 bits per heavy atom. The van der Waals surface area contributed by atoms with Gasteiger partial charge in [0.15, 0.2) is 11.5 Å². The number of ether oxygens (including phenoxy) is 1. The van der Waals surface area contributed by atoms with Crippen molar-refractivity contribution in [1.82, 2.24) is 9.97 Å². The molecule has 9 heteroatoms. The molecular formula is C24H34N6O3. The van der Waals surface area contributed by atoms with Crippen LogP contribution in [0, 0.1) is 0 Å². The molecule has 1 aromatic carbocycles. The zero-order valence-electron chi connectivity index (χ0n) is 19.4. The summed E-state index contributed by atoms with van der Waals surface area (Å²) in [6, 6.07) is 8.20. The minimum atomic E-state index is -0.620. The van der Waals surface area contributed by atoms with E-state index in [0.29, 0.717) is 23.8 Å². The molecule has 1 aromatic heterocycles. The van der Waals surface area contributed by atoms with Crippen molar-refractivity contribution in [2.75, 3.05) is 41.8 Å². The second kappa shape index (κ2) is 9.93. The van der Waals surface area contributed by atoms with Crippen LogP contribution in [0.2, 0.25) is 0 Å². The minimum Gasteiger partial charge on any atom is -0.390 e. The number of hydrogen-bond donors (Lipinski definition) is 4. The molecule has 0 bridgehead atoms. The van der Waals surface area contributed by atoms with Crippen molar-refractivity contribution in [2.24, 2.45) is 5.73 Å². The Morgan fingerprint density at radius 3 is 2.45 bits per heavy atom. The third-order valence-electron chi connectivity index (χ3n) is 6.45. The first-order chi connectivity index (χ1) is 15.8. The first-order valence-corrected chi connectivity index (χ1v) is 11.7. The molecule has 2 heterocycles. The van der Waals surface area contributed by atoms with E-state index in [1.54, 1.807) is 0 Å². The summed E-state index contributed by atoms with van der Waals surface area (Å²) in [5.74, 6) is 0.371. The van der Waals surface area contributed by atoms with E-state index in [1.807, 2.05) is 38.1 Å². The molecule has 1 saturated carbocycles. The molecule has 1 aliphatic carbocycles. The van der Waals surface area contributed by atoms with E-state index in [2.05, 4.69) is 20.5 Å². The van der Waals surface area contributed by atoms with Crippen LogP contribution >= 0.6 is 0 Å². The number of carbonyl (C=O) groups is 1. The number of aliphatic hydroxyl groups is 1. The number of amides is 1. The zero-order chi connectivity index (χ0) is 23.4. The van der Waals surface area contributed by atoms with E-state index in [-0.39, 0.29) is 11.7 Å². The third-order valence-corrected chi connectivity index (χ3v) is 6.45. The molecule has 1 saturated heterocycles. The number of aromatic nitrogens is 2. The number of morpholine rings is 1. The van der Waals surface area contributed by atoms with Crippen molar-refractivity contribution in [1.29, 1.82) is 0 Å². The van der Waals surface area contributed by atoms with Gasteiger partial charge >= 0.3 is 0 Å². The van der Waals surface area contributed by atoms with Gasteiger partial charge in [-0.3, -0.25) is 4.79 Å². The van der Waals surface area contributed by atoms with Gasteiger partial charge in [0.1, 0.15) is 5.82 Å². The number of hydrogen-bond acceptors (Lipinski definition) is 8. The Labute approximate surface area is 194 Å². The standard InChI is InChI=1S/C24H34N6O3/c1-3-19-22(26-17-8-10-24(2,32)11-9-17)29-23(20(28-19)21(25)31)27-16-4-6-18(7-5-16)30-12-14-33-15-13-30/h4-7,17,32H,3,8-15H2,1-2H3,(H2,25,31)(H2,26,27,29)/t17-,24+. The summed E-state index contributed by atoms with van der Waals surface area (Å²) in [5.41, 5.74) is 7.78. The SMILES string of the molecule is CCc1nc(C(N)=O)c(Nc2ccc(N3CCOCC3)cc2)nc1N[C@H]1CC[C@@](C)(O)CC1. The Balaban J connectivity index is 1.54. The largest absolute Gasteiger partial charge is 0.390 e. The van der Waals surface area contributed by atoms with Gasteiger partial charge in [-0.15, -0.1) is 0 Å². The van der Waals surface area contributed by atoms with Gasteiger partial charge in [0.2, 0.25) is 0 Å². The lowest BCUT2D eigenvalue weighted by Gasteiger charge is -2.34. The molecule has 0 spiro atoms. The fourth-order valence-corrected chi connectivity index (χ4v) is 4.38. The van der Waals surface area contributed by atoms with Crippen molar-refractivity contribution >= 4 is 28.9 Å². The number of nitrogens with one attached hydrogen (secondary N) is 2. The van der Waals surface area contributed by atoms with Crippen LogP contribution in [0.3, 0.4) is 0 Å². The lowest BCUT2D eigenvalue weighted by Crippen LogP contribution is -2.36. The van der Waals surface area contributed by atoms with E-state index in [0.717, 1.165) is 63.4 Å². The van der Waals surface area contributed by atoms with Gasteiger partial charge in [0.05, 0.1) is 24.5 Å². The molecular weight excluding hydrogens is 420 g/mol. The molecule has 4 rings (SSSR count). The van der Waals surface area contributed by atoms with Gasteiger partial charge in [-0.25, -0.2) is 9.97 Å². The number of nitrogens with two attached hydrogens (primary N) is 1. The van der Waals surface area contributed by atoms with Gasteiger partial charge in [-0.2, -0.15) is 0 Å². The second-order valence-electron chi connectivity index (χ2n) is 9.12. The maximum absolute atomic E-state index is 12.1. The van der Waals surface area contributed by atoms with Gasteiger partial charge in [0.25, 0.3) is 5.91 Å². The number of primary amides is 1. The number of carbonyl (C=O) groups excluding carboxylic acids is 1. The minimum absolute atomic E-state index is 0.126. The highest BCUT2D eigenvalue weighted by molar-refractivity contribution is 5.96. The maximum Gasteiger partial charge on any atom is 0.271 e. The highest BCUT2D eigenvalue weighted by Gasteiger charge is 2.29. The predicted octanol–water partition coefficient (Wildman–Crippen LogP) is 2.82. The number of nitrogens with zero attached hydrogens (tertiary/aromatic N) is 3. The normalized spacial score (nSPS) is 23.2. The first kappa shape index (κ1) is 23.3. The molecule has 0 atom stereocenters. The summed E-state index contributed by atoms with van der Waals surface area (Å²) >= 11 is 0. The summed E-state index contributed by atoms with van der Waals surface area (Å²) in [5, 5.41) is 17.0. The predicted molar refractivity (Wildman–Crippen MR) is 129 cm³/mol. The highest BCUT2D eigenvalue weighted by Crippen LogP contribution is 2.31. The van der Waals surface area contributed by atoms with E-state index in [4.69, 9.17) is 15.5 Å². The van der Waals surface area contributed by atoms with Crippen LogP contribution in [0.15, 0.2) is 24.3 Å². The molecule has 0 radical (unpaired) electrons. The quantitative estimate of drug-likeness (QED) is 0.503. The Hall–Kier alpha value is -2.91. The maximum atomic E-state index is 12.1. The van der Waals surface area contributed by atoms with E-state index in [1.165, 1.54) is 0 Å². The van der Waals surface area contributed by atoms with Gasteiger partial charge < -0.3 is 31.1 Å². The van der Waals surface area contributed by atoms with E-state index in [9.17, 15) is 9.90 Å². The van der Waals surface area contributed by atoms with Gasteiger partial charge in [0, 0.05) is 30.5 Å². The summed E-state index contributed by atoms with van der Waals surface area (Å²) in [6.07, 6.45) is 3.79. The van der Waals surface area contributed by atoms with E-state index < -0.39 is 11.5 Å². The number of aryl methyl sites for hydroxylation is 1. The molecule has 9 nitrogen and oxygen atoms in total. The van der Waals surface area contributed by atoms with Crippen molar-refractivity contribution in [3.05, 3.63) is 35.7 Å². The fourth-order valence-electron chi connectivity index (χ4n) is 4.38. The van der Waals surface area contributed by atoms with Crippen molar-refractivity contribution in [3.8, 4) is 0 Å². The monoisotopic (exact) mass is 454 g/mol. The zero-order valence-corrected chi connectivity index (χ0v) is 19.4. The summed E-state index contributed by atoms with van der Waals surface area (Å²) in [6.45, 7) is 7.06. The number of benzene rings is 1. The van der Waals surface area contributed by atoms with Crippen LogP contribution in [0.4, 0.5) is 23.0 Å². The third kappa shape index (κ3) is 5.72. The Bertz CT molecular complexity index is 963.